The monoisotopic (exact) mass is 514 g/mol. The molecule has 0 radical (unpaired) electrons. The van der Waals surface area contributed by atoms with Crippen LogP contribution in [0.3, 0.4) is 0 Å². The Morgan fingerprint density at radius 3 is 2.48 bits per heavy atom. The Kier molecular flexibility index (Phi) is 9.30. The lowest BCUT2D eigenvalue weighted by Crippen LogP contribution is -2.38. The average Bonchev–Trinajstić information content (AvgIpc) is 3.07. The van der Waals surface area contributed by atoms with Crippen LogP contribution in [0.4, 0.5) is 13.2 Å². The highest BCUT2D eigenvalue weighted by Crippen LogP contribution is 2.29. The van der Waals surface area contributed by atoms with E-state index in [2.05, 4.69) is 15.3 Å². The normalized spacial score (nSPS) is 11.7. The van der Waals surface area contributed by atoms with E-state index in [1.807, 2.05) is 43.1 Å². The van der Waals surface area contributed by atoms with Gasteiger partial charge in [-0.15, -0.1) is 35.3 Å². The van der Waals surface area contributed by atoms with Crippen molar-refractivity contribution in [1.29, 1.82) is 0 Å². The molecule has 2 aromatic rings. The quantitative estimate of drug-likeness (QED) is 0.353. The van der Waals surface area contributed by atoms with Crippen LogP contribution >= 0.6 is 35.3 Å². The number of benzene rings is 1. The molecule has 0 saturated carbocycles. The Morgan fingerprint density at radius 1 is 1.30 bits per heavy atom. The van der Waals surface area contributed by atoms with Crippen molar-refractivity contribution < 1.29 is 17.9 Å². The Balaban J connectivity index is 0.00000364. The number of halogens is 4. The minimum atomic E-state index is -4.42. The summed E-state index contributed by atoms with van der Waals surface area (Å²) in [5.74, 6) is 1.38. The molecule has 10 heteroatoms. The largest absolute Gasteiger partial charge is 0.494 e. The van der Waals surface area contributed by atoms with Crippen molar-refractivity contribution in [3.63, 3.8) is 0 Å². The van der Waals surface area contributed by atoms with E-state index in [4.69, 9.17) is 4.74 Å². The van der Waals surface area contributed by atoms with Gasteiger partial charge in [0, 0.05) is 26.0 Å². The lowest BCUT2D eigenvalue weighted by molar-refractivity contribution is -0.140. The zero-order valence-electron chi connectivity index (χ0n) is 15.2. The molecule has 0 aliphatic heterocycles. The molecular weight excluding hydrogens is 492 g/mol. The van der Waals surface area contributed by atoms with Gasteiger partial charge < -0.3 is 15.0 Å². The van der Waals surface area contributed by atoms with Crippen molar-refractivity contribution in [3.8, 4) is 5.75 Å². The fourth-order valence-corrected chi connectivity index (χ4v) is 3.01. The first-order chi connectivity index (χ1) is 12.3. The molecule has 0 unspecified atom stereocenters. The Labute approximate surface area is 177 Å². The first-order valence-electron chi connectivity index (χ1n) is 7.98. The number of hydrogen-bond acceptors (Lipinski definition) is 4. The summed E-state index contributed by atoms with van der Waals surface area (Å²) in [7, 11) is 3.48. The maximum atomic E-state index is 12.6. The molecule has 1 aromatic heterocycles. The number of nitrogens with zero attached hydrogens (tertiary/aromatic N) is 3. The molecule has 0 aliphatic rings. The molecule has 1 heterocycles. The predicted molar refractivity (Wildman–Crippen MR) is 112 cm³/mol. The fourth-order valence-electron chi connectivity index (χ4n) is 2.27. The fraction of sp³-hybridized carbons (Fsp3) is 0.412. The molecule has 1 aromatic carbocycles. The Bertz CT molecular complexity index is 735. The third-order valence-corrected chi connectivity index (χ3v) is 4.32. The number of alkyl halides is 3. The summed E-state index contributed by atoms with van der Waals surface area (Å²) in [6.45, 7) is 3.32. The number of thiazole rings is 1. The van der Waals surface area contributed by atoms with Crippen molar-refractivity contribution in [2.75, 3.05) is 20.7 Å². The van der Waals surface area contributed by atoms with E-state index in [1.54, 1.807) is 7.05 Å². The number of hydrogen-bond donors (Lipinski definition) is 1. The van der Waals surface area contributed by atoms with Gasteiger partial charge in [0.15, 0.2) is 11.7 Å². The third-order valence-electron chi connectivity index (χ3n) is 3.47. The zero-order valence-corrected chi connectivity index (χ0v) is 18.4. The second-order valence-corrected chi connectivity index (χ2v) is 6.40. The molecule has 0 spiro atoms. The summed E-state index contributed by atoms with van der Waals surface area (Å²) in [4.78, 5) is 9.65. The lowest BCUT2D eigenvalue weighted by atomic mass is 10.2. The molecule has 0 fully saturated rings. The van der Waals surface area contributed by atoms with Gasteiger partial charge in [0.2, 0.25) is 0 Å². The second-order valence-electron chi connectivity index (χ2n) is 5.46. The first-order valence-corrected chi connectivity index (χ1v) is 8.86. The molecule has 2 rings (SSSR count). The molecule has 0 amide bonds. The van der Waals surface area contributed by atoms with E-state index in [1.165, 1.54) is 0 Å². The van der Waals surface area contributed by atoms with Crippen LogP contribution in [0, 0.1) is 0 Å². The van der Waals surface area contributed by atoms with Crippen LogP contribution < -0.4 is 10.1 Å². The van der Waals surface area contributed by atoms with Gasteiger partial charge in [-0.2, -0.15) is 13.2 Å². The highest BCUT2D eigenvalue weighted by atomic mass is 127. The van der Waals surface area contributed by atoms with Gasteiger partial charge in [-0.1, -0.05) is 12.1 Å². The number of ether oxygens (including phenoxy) is 1. The van der Waals surface area contributed by atoms with Gasteiger partial charge in [0.05, 0.1) is 13.2 Å². The van der Waals surface area contributed by atoms with Crippen molar-refractivity contribution in [1.82, 2.24) is 15.2 Å². The minimum absolute atomic E-state index is 0. The highest BCUT2D eigenvalue weighted by Gasteiger charge is 2.33. The molecule has 5 nitrogen and oxygen atoms in total. The highest BCUT2D eigenvalue weighted by molar-refractivity contribution is 14.0. The number of rotatable bonds is 6. The molecule has 150 valence electrons. The molecule has 0 bridgehead atoms. The van der Waals surface area contributed by atoms with Crippen molar-refractivity contribution in [2.45, 2.75) is 26.2 Å². The van der Waals surface area contributed by atoms with Gasteiger partial charge in [-0.3, -0.25) is 4.99 Å². The van der Waals surface area contributed by atoms with Gasteiger partial charge in [-0.25, -0.2) is 4.98 Å². The van der Waals surface area contributed by atoms with E-state index < -0.39 is 11.9 Å². The zero-order chi connectivity index (χ0) is 19.2. The lowest BCUT2D eigenvalue weighted by Gasteiger charge is -2.22. The maximum Gasteiger partial charge on any atom is 0.434 e. The summed E-state index contributed by atoms with van der Waals surface area (Å²) >= 11 is 0.970. The average molecular weight is 514 g/mol. The second kappa shape index (κ2) is 10.7. The van der Waals surface area contributed by atoms with Crippen LogP contribution in [-0.2, 0) is 19.3 Å². The smallest absolute Gasteiger partial charge is 0.434 e. The summed E-state index contributed by atoms with van der Waals surface area (Å²) in [5, 5.41) is 4.41. The van der Waals surface area contributed by atoms with Gasteiger partial charge in [-0.05, 0) is 24.6 Å². The van der Waals surface area contributed by atoms with Crippen LogP contribution in [-0.4, -0.2) is 36.5 Å². The van der Waals surface area contributed by atoms with Crippen LogP contribution in [0.15, 0.2) is 34.6 Å². The Morgan fingerprint density at radius 2 is 1.96 bits per heavy atom. The molecule has 0 atom stereocenters. The van der Waals surface area contributed by atoms with Crippen molar-refractivity contribution >= 4 is 41.3 Å². The van der Waals surface area contributed by atoms with Crippen LogP contribution in [0.5, 0.6) is 5.75 Å². The number of guanidine groups is 1. The minimum Gasteiger partial charge on any atom is -0.494 e. The van der Waals surface area contributed by atoms with Crippen molar-refractivity contribution in [3.05, 3.63) is 45.9 Å². The summed E-state index contributed by atoms with van der Waals surface area (Å²) in [6, 6.07) is 7.73. The predicted octanol–water partition coefficient (Wildman–Crippen LogP) is 4.39. The van der Waals surface area contributed by atoms with Crippen LogP contribution in [0.1, 0.15) is 23.2 Å². The molecule has 0 saturated heterocycles. The van der Waals surface area contributed by atoms with Crippen LogP contribution in [0.25, 0.3) is 0 Å². The molecular formula is C17H22F3IN4OS. The van der Waals surface area contributed by atoms with E-state index >= 15 is 0 Å². The van der Waals surface area contributed by atoms with Gasteiger partial charge >= 0.3 is 6.18 Å². The first kappa shape index (κ1) is 23.5. The van der Waals surface area contributed by atoms with Gasteiger partial charge in [0.25, 0.3) is 0 Å². The van der Waals surface area contributed by atoms with Crippen molar-refractivity contribution in [2.24, 2.45) is 4.99 Å². The SMILES string of the molecule is CCOc1ccc(CN(C)C(=NC)NCc2nc(C(F)(F)F)cs2)cc1.I. The Hall–Kier alpha value is -1.56. The topological polar surface area (TPSA) is 49.8 Å². The van der Waals surface area contributed by atoms with E-state index in [9.17, 15) is 13.2 Å². The van der Waals surface area contributed by atoms with E-state index in [0.717, 1.165) is 28.0 Å². The summed E-state index contributed by atoms with van der Waals surface area (Å²) in [5.41, 5.74) is 0.199. The number of nitrogens with one attached hydrogen (secondary N) is 1. The summed E-state index contributed by atoms with van der Waals surface area (Å²) < 4.78 is 43.2. The summed E-state index contributed by atoms with van der Waals surface area (Å²) in [6.07, 6.45) is -4.42. The maximum absolute atomic E-state index is 12.6. The number of aliphatic imine (C=N–C) groups is 1. The molecule has 27 heavy (non-hydrogen) atoms. The number of aromatic nitrogens is 1. The van der Waals surface area contributed by atoms with E-state index in [-0.39, 0.29) is 30.5 Å². The molecule has 0 aliphatic carbocycles. The van der Waals surface area contributed by atoms with Crippen LogP contribution in [0.2, 0.25) is 0 Å². The standard InChI is InChI=1S/C17H21F3N4OS.HI/c1-4-25-13-7-5-12(6-8-13)10-24(3)16(21-2)22-9-15-23-14(11-26-15)17(18,19)20;/h5-8,11H,4,9-10H2,1-3H3,(H,21,22);1H. The van der Waals surface area contributed by atoms with E-state index in [0.29, 0.717) is 24.1 Å². The van der Waals surface area contributed by atoms with Gasteiger partial charge in [0.1, 0.15) is 10.8 Å². The molecule has 1 N–H and O–H groups in total. The third kappa shape index (κ3) is 7.17.